The Balaban J connectivity index is 2.65. The molecule has 1 nitrogen and oxygen atoms in total. The highest BCUT2D eigenvalue weighted by Gasteiger charge is 1.91. The van der Waals surface area contributed by atoms with Crippen LogP contribution in [0.3, 0.4) is 0 Å². The Labute approximate surface area is 83.0 Å². The first kappa shape index (κ1) is 10.0. The number of hydrogen-bond acceptors (Lipinski definition) is 1. The number of allylic oxidation sites excluding steroid dienone is 2. The maximum atomic E-state index is 10.3. The Morgan fingerprint density at radius 3 is 2.54 bits per heavy atom. The predicted molar refractivity (Wildman–Crippen MR) is 55.0 cm³/mol. The van der Waals surface area contributed by atoms with Crippen molar-refractivity contribution in [1.29, 1.82) is 0 Å². The lowest BCUT2D eigenvalue weighted by molar-refractivity contribution is -0.104. The maximum Gasteiger partial charge on any atom is 0.145 e. The third-order valence-electron chi connectivity index (χ3n) is 1.76. The summed E-state index contributed by atoms with van der Waals surface area (Å²) in [6, 6.07) is 7.61. The van der Waals surface area contributed by atoms with Gasteiger partial charge in [0.05, 0.1) is 0 Å². The summed E-state index contributed by atoms with van der Waals surface area (Å²) in [4.78, 5) is 10.3. The minimum Gasteiger partial charge on any atom is -0.298 e. The average Bonchev–Trinajstić information content (AvgIpc) is 2.16. The number of halogens is 1. The molecule has 0 N–H and O–H groups in total. The number of carbonyl (C=O) groups is 1. The molecule has 0 unspecified atom stereocenters. The van der Waals surface area contributed by atoms with E-state index in [9.17, 15) is 4.79 Å². The van der Waals surface area contributed by atoms with Crippen molar-refractivity contribution in [3.63, 3.8) is 0 Å². The lowest BCUT2D eigenvalue weighted by atomic mass is 10.1. The van der Waals surface area contributed by atoms with Gasteiger partial charge in [-0.2, -0.15) is 0 Å². The molecular weight excluding hydrogens is 184 g/mol. The molecular formula is C11H11ClO. The molecule has 13 heavy (non-hydrogen) atoms. The average molecular weight is 195 g/mol. The van der Waals surface area contributed by atoms with Crippen molar-refractivity contribution in [2.24, 2.45) is 0 Å². The number of rotatable bonds is 3. The normalized spacial score (nSPS) is 11.4. The molecule has 0 saturated heterocycles. The number of aldehydes is 1. The first-order valence-corrected chi connectivity index (χ1v) is 4.46. The van der Waals surface area contributed by atoms with Gasteiger partial charge in [0.15, 0.2) is 0 Å². The molecule has 0 heterocycles. The van der Waals surface area contributed by atoms with Crippen molar-refractivity contribution in [1.82, 2.24) is 0 Å². The first-order valence-electron chi connectivity index (χ1n) is 4.09. The molecule has 0 bridgehead atoms. The SMILES string of the molecule is C/C(C=O)=C\Cc1ccc(Cl)cc1. The second-order valence-corrected chi connectivity index (χ2v) is 3.33. The molecule has 0 atom stereocenters. The maximum absolute atomic E-state index is 10.3. The van der Waals surface area contributed by atoms with Crippen molar-refractivity contribution < 1.29 is 4.79 Å². The van der Waals surface area contributed by atoms with E-state index in [-0.39, 0.29) is 0 Å². The molecule has 0 saturated carbocycles. The van der Waals surface area contributed by atoms with Crippen LogP contribution < -0.4 is 0 Å². The van der Waals surface area contributed by atoms with Crippen LogP contribution in [0.4, 0.5) is 0 Å². The molecule has 0 radical (unpaired) electrons. The number of benzene rings is 1. The fourth-order valence-corrected chi connectivity index (χ4v) is 1.07. The summed E-state index contributed by atoms with van der Waals surface area (Å²) >= 11 is 5.73. The van der Waals surface area contributed by atoms with E-state index in [2.05, 4.69) is 0 Å². The largest absolute Gasteiger partial charge is 0.298 e. The molecule has 0 amide bonds. The summed E-state index contributed by atoms with van der Waals surface area (Å²) < 4.78 is 0. The summed E-state index contributed by atoms with van der Waals surface area (Å²) in [6.45, 7) is 1.79. The van der Waals surface area contributed by atoms with Crippen LogP contribution in [0.15, 0.2) is 35.9 Å². The van der Waals surface area contributed by atoms with Crippen LogP contribution in [0.25, 0.3) is 0 Å². The third-order valence-corrected chi connectivity index (χ3v) is 2.01. The van der Waals surface area contributed by atoms with E-state index in [1.54, 1.807) is 6.92 Å². The van der Waals surface area contributed by atoms with Gasteiger partial charge in [-0.25, -0.2) is 0 Å². The van der Waals surface area contributed by atoms with E-state index in [4.69, 9.17) is 11.6 Å². The monoisotopic (exact) mass is 194 g/mol. The van der Waals surface area contributed by atoms with Crippen molar-refractivity contribution in [2.75, 3.05) is 0 Å². The van der Waals surface area contributed by atoms with Crippen LogP contribution in [-0.2, 0) is 11.2 Å². The summed E-state index contributed by atoms with van der Waals surface area (Å²) in [6.07, 6.45) is 3.54. The lowest BCUT2D eigenvalue weighted by Crippen LogP contribution is -1.83. The van der Waals surface area contributed by atoms with Crippen LogP contribution in [0, 0.1) is 0 Å². The van der Waals surface area contributed by atoms with Gasteiger partial charge in [-0.3, -0.25) is 4.79 Å². The second kappa shape index (κ2) is 4.83. The Morgan fingerprint density at radius 2 is 2.00 bits per heavy atom. The van der Waals surface area contributed by atoms with E-state index in [0.29, 0.717) is 0 Å². The molecule has 1 aromatic carbocycles. The van der Waals surface area contributed by atoms with Crippen LogP contribution in [0.1, 0.15) is 12.5 Å². The Hall–Kier alpha value is -1.08. The van der Waals surface area contributed by atoms with Crippen molar-refractivity contribution in [3.05, 3.63) is 46.5 Å². The quantitative estimate of drug-likeness (QED) is 0.534. The summed E-state index contributed by atoms with van der Waals surface area (Å²) in [5.41, 5.74) is 1.92. The summed E-state index contributed by atoms with van der Waals surface area (Å²) in [5.74, 6) is 0. The topological polar surface area (TPSA) is 17.1 Å². The van der Waals surface area contributed by atoms with Gasteiger partial charge in [-0.1, -0.05) is 29.8 Å². The zero-order chi connectivity index (χ0) is 9.68. The summed E-state index contributed by atoms with van der Waals surface area (Å²) in [7, 11) is 0. The van der Waals surface area contributed by atoms with Gasteiger partial charge in [0.2, 0.25) is 0 Å². The highest BCUT2D eigenvalue weighted by Crippen LogP contribution is 2.10. The van der Waals surface area contributed by atoms with Crippen LogP contribution in [-0.4, -0.2) is 6.29 Å². The predicted octanol–water partition coefficient (Wildman–Crippen LogP) is 3.03. The molecule has 68 valence electrons. The van der Waals surface area contributed by atoms with E-state index < -0.39 is 0 Å². The Morgan fingerprint density at radius 1 is 1.38 bits per heavy atom. The fourth-order valence-electron chi connectivity index (χ4n) is 0.947. The van der Waals surface area contributed by atoms with Gasteiger partial charge in [-0.05, 0) is 36.6 Å². The van der Waals surface area contributed by atoms with E-state index in [1.165, 1.54) is 0 Å². The standard InChI is InChI=1S/C11H11ClO/c1-9(8-13)2-3-10-4-6-11(12)7-5-10/h2,4-8H,3H2,1H3/b9-2+. The van der Waals surface area contributed by atoms with Gasteiger partial charge >= 0.3 is 0 Å². The van der Waals surface area contributed by atoms with Crippen LogP contribution >= 0.6 is 11.6 Å². The van der Waals surface area contributed by atoms with Crippen LogP contribution in [0.5, 0.6) is 0 Å². The van der Waals surface area contributed by atoms with E-state index >= 15 is 0 Å². The minimum absolute atomic E-state index is 0.736. The van der Waals surface area contributed by atoms with Gasteiger partial charge in [0, 0.05) is 5.02 Å². The molecule has 0 aliphatic rings. The molecule has 2 heteroatoms. The van der Waals surface area contributed by atoms with Gasteiger partial charge in [-0.15, -0.1) is 0 Å². The van der Waals surface area contributed by atoms with E-state index in [0.717, 1.165) is 28.9 Å². The molecule has 1 rings (SSSR count). The summed E-state index contributed by atoms with van der Waals surface area (Å²) in [5, 5.41) is 0.736. The van der Waals surface area contributed by atoms with Crippen molar-refractivity contribution >= 4 is 17.9 Å². The molecule has 0 spiro atoms. The van der Waals surface area contributed by atoms with Gasteiger partial charge in [0.1, 0.15) is 6.29 Å². The minimum atomic E-state index is 0.736. The zero-order valence-electron chi connectivity index (χ0n) is 7.46. The van der Waals surface area contributed by atoms with Gasteiger partial charge < -0.3 is 0 Å². The van der Waals surface area contributed by atoms with E-state index in [1.807, 2.05) is 30.3 Å². The van der Waals surface area contributed by atoms with Crippen LogP contribution in [0.2, 0.25) is 5.02 Å². The number of hydrogen-bond donors (Lipinski definition) is 0. The smallest absolute Gasteiger partial charge is 0.145 e. The van der Waals surface area contributed by atoms with Crippen molar-refractivity contribution in [3.8, 4) is 0 Å². The lowest BCUT2D eigenvalue weighted by Gasteiger charge is -1.96. The highest BCUT2D eigenvalue weighted by molar-refractivity contribution is 6.30. The molecule has 0 aliphatic heterocycles. The second-order valence-electron chi connectivity index (χ2n) is 2.90. The fraction of sp³-hybridized carbons (Fsp3) is 0.182. The first-order chi connectivity index (χ1) is 6.22. The zero-order valence-corrected chi connectivity index (χ0v) is 8.21. The molecule has 0 fully saturated rings. The van der Waals surface area contributed by atoms with Gasteiger partial charge in [0.25, 0.3) is 0 Å². The Bertz CT molecular complexity index is 311. The highest BCUT2D eigenvalue weighted by atomic mass is 35.5. The molecule has 0 aromatic heterocycles. The Kier molecular flexibility index (Phi) is 3.71. The van der Waals surface area contributed by atoms with Crippen molar-refractivity contribution in [2.45, 2.75) is 13.3 Å². The molecule has 0 aliphatic carbocycles. The third kappa shape index (κ3) is 3.43. The number of carbonyl (C=O) groups excluding carboxylic acids is 1. The molecule has 1 aromatic rings.